The molecular formula is C27H40N8O9. The molecular weight excluding hydrogens is 580 g/mol. The summed E-state index contributed by atoms with van der Waals surface area (Å²) in [4.78, 5) is 77.2. The molecule has 0 fully saturated rings. The minimum absolute atomic E-state index is 0.00156. The van der Waals surface area contributed by atoms with Gasteiger partial charge in [0.15, 0.2) is 5.96 Å². The first kappa shape index (κ1) is 35.4. The molecule has 2 rings (SSSR count). The third-order valence-corrected chi connectivity index (χ3v) is 6.80. The third-order valence-electron chi connectivity index (χ3n) is 6.80. The molecule has 0 saturated heterocycles. The van der Waals surface area contributed by atoms with Gasteiger partial charge in [-0.25, -0.2) is 15.2 Å². The van der Waals surface area contributed by atoms with E-state index >= 15 is 0 Å². The number of carbonyl (C=O) groups is 6. The van der Waals surface area contributed by atoms with E-state index in [2.05, 4.69) is 26.4 Å². The topological polar surface area (TPSA) is 279 Å². The zero-order valence-corrected chi connectivity index (χ0v) is 24.5. The highest BCUT2D eigenvalue weighted by Crippen LogP contribution is 2.23. The van der Waals surface area contributed by atoms with Crippen LogP contribution in [0.15, 0.2) is 29.3 Å². The van der Waals surface area contributed by atoms with E-state index in [1.165, 1.54) is 5.01 Å². The smallest absolute Gasteiger partial charge is 0.326 e. The van der Waals surface area contributed by atoms with Crippen LogP contribution in [0.4, 0.5) is 0 Å². The number of amides is 3. The quantitative estimate of drug-likeness (QED) is 0.0505. The van der Waals surface area contributed by atoms with Crippen LogP contribution >= 0.6 is 0 Å². The van der Waals surface area contributed by atoms with Gasteiger partial charge in [-0.15, -0.1) is 0 Å². The van der Waals surface area contributed by atoms with E-state index in [-0.39, 0.29) is 38.3 Å². The molecule has 1 aromatic carbocycles. The molecule has 44 heavy (non-hydrogen) atoms. The molecule has 1 aromatic rings. The molecule has 1 heterocycles. The van der Waals surface area contributed by atoms with Crippen LogP contribution in [0.2, 0.25) is 0 Å². The van der Waals surface area contributed by atoms with Crippen molar-refractivity contribution >= 4 is 41.6 Å². The number of carboxylic acids is 3. The van der Waals surface area contributed by atoms with Crippen molar-refractivity contribution in [2.24, 2.45) is 22.4 Å². The average Bonchev–Trinajstić information content (AvgIpc) is 2.94. The van der Waals surface area contributed by atoms with Crippen LogP contribution in [0.5, 0.6) is 0 Å². The Morgan fingerprint density at radius 2 is 1.64 bits per heavy atom. The summed E-state index contributed by atoms with van der Waals surface area (Å²) in [6, 6.07) is 2.38. The van der Waals surface area contributed by atoms with Gasteiger partial charge in [0, 0.05) is 19.5 Å². The van der Waals surface area contributed by atoms with Crippen LogP contribution in [0.1, 0.15) is 44.2 Å². The van der Waals surface area contributed by atoms with Crippen LogP contribution in [0.25, 0.3) is 0 Å². The number of carboxylic acid groups (broad SMARTS) is 3. The third kappa shape index (κ3) is 11.1. The zero-order valence-electron chi connectivity index (χ0n) is 24.5. The monoisotopic (exact) mass is 620 g/mol. The Balaban J connectivity index is 2.06. The fourth-order valence-electron chi connectivity index (χ4n) is 4.51. The van der Waals surface area contributed by atoms with Crippen LogP contribution in [-0.2, 0) is 41.7 Å². The number of hydrazine groups is 1. The van der Waals surface area contributed by atoms with Gasteiger partial charge in [0.2, 0.25) is 17.7 Å². The fourth-order valence-corrected chi connectivity index (χ4v) is 4.51. The molecule has 1 aliphatic rings. The van der Waals surface area contributed by atoms with Gasteiger partial charge in [-0.2, -0.15) is 0 Å². The molecule has 0 aromatic heterocycles. The molecule has 17 heteroatoms. The van der Waals surface area contributed by atoms with Crippen molar-refractivity contribution in [3.8, 4) is 0 Å². The second kappa shape index (κ2) is 16.8. The Morgan fingerprint density at radius 3 is 2.20 bits per heavy atom. The number of carbonyl (C=O) groups excluding carboxylic acids is 3. The second-order valence-corrected chi connectivity index (χ2v) is 10.6. The van der Waals surface area contributed by atoms with E-state index in [4.69, 9.17) is 11.5 Å². The maximum atomic E-state index is 13.3. The number of hydrogen-bond donors (Lipinski definition) is 9. The molecule has 3 amide bonds. The fraction of sp³-hybridized carbons (Fsp3) is 0.519. The minimum atomic E-state index is -1.59. The SMILES string of the molecule is CC(C)[C@H](NN1Cc2ccccc2CC1C(=O)O)C(=O)N[C@@H](CC(=O)O)C(=O)NCC(=O)N[C@@H](CCCN=C(N)N)C(=O)O. The van der Waals surface area contributed by atoms with Crippen LogP contribution in [0, 0.1) is 5.92 Å². The largest absolute Gasteiger partial charge is 0.481 e. The summed E-state index contributed by atoms with van der Waals surface area (Å²) < 4.78 is 0. The normalized spacial score (nSPS) is 16.5. The van der Waals surface area contributed by atoms with Gasteiger partial charge in [0.05, 0.1) is 13.0 Å². The van der Waals surface area contributed by atoms with E-state index in [9.17, 15) is 44.1 Å². The number of fused-ring (bicyclic) bond motifs is 1. The highest BCUT2D eigenvalue weighted by atomic mass is 16.4. The lowest BCUT2D eigenvalue weighted by Gasteiger charge is -2.38. The summed E-state index contributed by atoms with van der Waals surface area (Å²) in [6.45, 7) is 3.02. The molecule has 0 saturated carbocycles. The Kier molecular flexibility index (Phi) is 13.5. The first-order valence-electron chi connectivity index (χ1n) is 13.9. The first-order valence-corrected chi connectivity index (χ1v) is 13.9. The summed E-state index contributed by atoms with van der Waals surface area (Å²) in [5.74, 6) is -7.03. The van der Waals surface area contributed by atoms with Crippen LogP contribution < -0.4 is 32.8 Å². The maximum absolute atomic E-state index is 13.3. The molecule has 1 aliphatic heterocycles. The number of aliphatic carboxylic acids is 3. The number of benzene rings is 1. The standard InChI is InChI=1S/C27H40N8O9/c1-14(2)22(34-35-13-16-7-4-3-6-15(16)10-19(35)26(43)44)24(40)33-18(11-21(37)38)23(39)31-12-20(36)32-17(25(41)42)8-5-9-30-27(28)29/h3-4,6-7,14,17-19,22,34H,5,8-13H2,1-2H3,(H,31,39)(H,32,36)(H,33,40)(H,37,38)(H,41,42)(H,43,44)(H4,28,29,30)/t17-,18-,19?,22-/m0/s1. The Hall–Kier alpha value is -4.77. The van der Waals surface area contributed by atoms with E-state index in [1.54, 1.807) is 13.8 Å². The van der Waals surface area contributed by atoms with Crippen molar-refractivity contribution in [2.75, 3.05) is 13.1 Å². The molecule has 0 bridgehead atoms. The summed E-state index contributed by atoms with van der Waals surface area (Å²) in [5, 5.41) is 36.8. The first-order chi connectivity index (χ1) is 20.7. The van der Waals surface area contributed by atoms with Gasteiger partial charge in [-0.3, -0.25) is 29.0 Å². The highest BCUT2D eigenvalue weighted by molar-refractivity contribution is 5.94. The van der Waals surface area contributed by atoms with Gasteiger partial charge in [-0.05, 0) is 29.9 Å². The summed E-state index contributed by atoms with van der Waals surface area (Å²) in [5.41, 5.74) is 15.1. The van der Waals surface area contributed by atoms with Gasteiger partial charge in [0.1, 0.15) is 24.2 Å². The predicted molar refractivity (Wildman–Crippen MR) is 156 cm³/mol. The van der Waals surface area contributed by atoms with Gasteiger partial charge < -0.3 is 42.7 Å². The highest BCUT2D eigenvalue weighted by Gasteiger charge is 2.36. The van der Waals surface area contributed by atoms with Crippen molar-refractivity contribution in [1.29, 1.82) is 0 Å². The lowest BCUT2D eigenvalue weighted by atomic mass is 9.95. The summed E-state index contributed by atoms with van der Waals surface area (Å²) in [7, 11) is 0. The molecule has 0 aliphatic carbocycles. The second-order valence-electron chi connectivity index (χ2n) is 10.6. The maximum Gasteiger partial charge on any atom is 0.326 e. The van der Waals surface area contributed by atoms with Crippen molar-refractivity contribution in [1.82, 2.24) is 26.4 Å². The van der Waals surface area contributed by atoms with Crippen molar-refractivity contribution in [2.45, 2.75) is 70.2 Å². The number of hydrogen-bond acceptors (Lipinski definition) is 9. The lowest BCUT2D eigenvalue weighted by molar-refractivity contribution is -0.148. The zero-order chi connectivity index (χ0) is 33.0. The van der Waals surface area contributed by atoms with Gasteiger partial charge >= 0.3 is 17.9 Å². The minimum Gasteiger partial charge on any atom is -0.481 e. The van der Waals surface area contributed by atoms with Crippen molar-refractivity contribution in [3.05, 3.63) is 35.4 Å². The summed E-state index contributed by atoms with van der Waals surface area (Å²) in [6.07, 6.45) is -0.383. The van der Waals surface area contributed by atoms with Gasteiger partial charge in [-0.1, -0.05) is 38.1 Å². The number of nitrogens with one attached hydrogen (secondary N) is 4. The summed E-state index contributed by atoms with van der Waals surface area (Å²) >= 11 is 0. The number of nitrogens with two attached hydrogens (primary N) is 2. The lowest BCUT2D eigenvalue weighted by Crippen LogP contribution is -2.62. The Labute approximate surface area is 253 Å². The molecule has 0 spiro atoms. The molecule has 242 valence electrons. The van der Waals surface area contributed by atoms with Crippen LogP contribution in [0.3, 0.4) is 0 Å². The van der Waals surface area contributed by atoms with E-state index in [0.717, 1.165) is 11.1 Å². The Morgan fingerprint density at radius 1 is 0.977 bits per heavy atom. The number of nitrogens with zero attached hydrogens (tertiary/aromatic N) is 2. The number of aliphatic imine (C=N–C) groups is 1. The van der Waals surface area contributed by atoms with E-state index in [1.807, 2.05) is 24.3 Å². The van der Waals surface area contributed by atoms with Crippen molar-refractivity contribution < 1.29 is 44.1 Å². The van der Waals surface area contributed by atoms with Crippen LogP contribution in [-0.4, -0.2) is 99.2 Å². The molecule has 4 atom stereocenters. The molecule has 1 unspecified atom stereocenters. The predicted octanol–water partition coefficient (Wildman–Crippen LogP) is -2.27. The molecule has 11 N–H and O–H groups in total. The average molecular weight is 621 g/mol. The molecule has 17 nitrogen and oxygen atoms in total. The van der Waals surface area contributed by atoms with Crippen molar-refractivity contribution in [3.63, 3.8) is 0 Å². The molecule has 0 radical (unpaired) electrons. The Bertz CT molecular complexity index is 1250. The van der Waals surface area contributed by atoms with E-state index in [0.29, 0.717) is 0 Å². The van der Waals surface area contributed by atoms with E-state index < -0.39 is 78.7 Å². The van der Waals surface area contributed by atoms with Gasteiger partial charge in [0.25, 0.3) is 0 Å². The number of rotatable bonds is 17. The number of guanidine groups is 1.